The fourth-order valence-electron chi connectivity index (χ4n) is 1.61. The van der Waals surface area contributed by atoms with E-state index in [4.69, 9.17) is 19.4 Å². The molecule has 0 amide bonds. The van der Waals surface area contributed by atoms with Gasteiger partial charge in [-0.05, 0) is 6.92 Å². The summed E-state index contributed by atoms with van der Waals surface area (Å²) < 4.78 is 14.4. The summed E-state index contributed by atoms with van der Waals surface area (Å²) in [5.74, 6) is -1.23. The minimum absolute atomic E-state index is 0.0767. The van der Waals surface area contributed by atoms with Gasteiger partial charge in [0.25, 0.3) is 0 Å². The highest BCUT2D eigenvalue weighted by Gasteiger charge is 2.56. The first-order valence-electron chi connectivity index (χ1n) is 3.71. The van der Waals surface area contributed by atoms with Crippen molar-refractivity contribution in [3.8, 4) is 0 Å². The van der Waals surface area contributed by atoms with Gasteiger partial charge in [-0.3, -0.25) is 0 Å². The Morgan fingerprint density at radius 3 is 2.75 bits per heavy atom. The van der Waals surface area contributed by atoms with E-state index in [9.17, 15) is 5.11 Å². The van der Waals surface area contributed by atoms with Crippen molar-refractivity contribution in [2.24, 2.45) is 0 Å². The van der Waals surface area contributed by atoms with Gasteiger partial charge in [0, 0.05) is 0 Å². The number of fused-ring (bicyclic) bond motifs is 1. The van der Waals surface area contributed by atoms with Gasteiger partial charge < -0.3 is 29.2 Å². The molecule has 2 aliphatic heterocycles. The second-order valence-corrected chi connectivity index (χ2v) is 3.20. The van der Waals surface area contributed by atoms with Crippen LogP contribution in [-0.2, 0) is 14.0 Å². The number of rotatable bonds is 0. The van der Waals surface area contributed by atoms with E-state index in [2.05, 4.69) is 4.65 Å². The molecule has 3 atom stereocenters. The fraction of sp³-hybridized carbons (Fsp3) is 1.00. The number of hydrogen-bond donors (Lipinski definition) is 3. The molecule has 0 aliphatic carbocycles. The molecule has 3 N–H and O–H groups in total. The molecule has 2 rings (SSSR count). The zero-order valence-corrected chi connectivity index (χ0v) is 6.51. The average Bonchev–Trinajstić information content (AvgIpc) is 2.28. The predicted molar refractivity (Wildman–Crippen MR) is 36.5 cm³/mol. The summed E-state index contributed by atoms with van der Waals surface area (Å²) in [5, 5.41) is 27.2. The van der Waals surface area contributed by atoms with Gasteiger partial charge in [-0.25, -0.2) is 0 Å². The highest BCUT2D eigenvalue weighted by Crippen LogP contribution is 2.38. The standard InChI is InChI=1S/C5H10BO6/c1-5-4(3(7)2-10-5)11-6(8,9)12-5/h3-4,7-9H,2H2,1H3/q-1/t3-,4+,5+/m0/s1. The van der Waals surface area contributed by atoms with Gasteiger partial charge in [-0.2, -0.15) is 0 Å². The summed E-state index contributed by atoms with van der Waals surface area (Å²) in [7, 11) is 0. The van der Waals surface area contributed by atoms with Crippen molar-refractivity contribution >= 4 is 6.96 Å². The van der Waals surface area contributed by atoms with Gasteiger partial charge in [0.05, 0.1) is 12.7 Å². The van der Waals surface area contributed by atoms with Gasteiger partial charge in [-0.15, -0.1) is 0 Å². The van der Waals surface area contributed by atoms with E-state index >= 15 is 0 Å². The van der Waals surface area contributed by atoms with Crippen LogP contribution < -0.4 is 0 Å². The number of aliphatic hydroxyl groups excluding tert-OH is 1. The largest absolute Gasteiger partial charge is 0.533 e. The monoisotopic (exact) mass is 177 g/mol. The van der Waals surface area contributed by atoms with E-state index in [0.29, 0.717) is 0 Å². The van der Waals surface area contributed by atoms with Crippen molar-refractivity contribution in [1.29, 1.82) is 0 Å². The second kappa shape index (κ2) is 2.19. The van der Waals surface area contributed by atoms with E-state index in [0.717, 1.165) is 0 Å². The van der Waals surface area contributed by atoms with E-state index in [1.165, 1.54) is 6.92 Å². The van der Waals surface area contributed by atoms with Crippen molar-refractivity contribution in [2.75, 3.05) is 6.61 Å². The average molecular weight is 177 g/mol. The van der Waals surface area contributed by atoms with Crippen LogP contribution in [0.1, 0.15) is 6.92 Å². The Hall–Kier alpha value is -0.175. The van der Waals surface area contributed by atoms with Gasteiger partial charge in [0.1, 0.15) is 6.10 Å². The molecular weight excluding hydrogens is 167 g/mol. The third-order valence-corrected chi connectivity index (χ3v) is 2.12. The molecule has 6 nitrogen and oxygen atoms in total. The van der Waals surface area contributed by atoms with E-state index in [1.807, 2.05) is 0 Å². The van der Waals surface area contributed by atoms with Crippen LogP contribution in [0.15, 0.2) is 0 Å². The molecule has 0 saturated carbocycles. The van der Waals surface area contributed by atoms with Crippen LogP contribution in [0.5, 0.6) is 0 Å². The van der Waals surface area contributed by atoms with Crippen molar-refractivity contribution in [1.82, 2.24) is 0 Å². The van der Waals surface area contributed by atoms with Gasteiger partial charge in [0.2, 0.25) is 0 Å². The van der Waals surface area contributed by atoms with Crippen LogP contribution in [0.2, 0.25) is 0 Å². The maximum Gasteiger partial charge on any atom is 0.528 e. The Labute approximate surface area is 68.7 Å². The molecule has 2 heterocycles. The molecule has 70 valence electrons. The lowest BCUT2D eigenvalue weighted by molar-refractivity contribution is -0.149. The third kappa shape index (κ3) is 1.06. The Bertz CT molecular complexity index is 208. The number of ether oxygens (including phenoxy) is 1. The number of hydrogen-bond acceptors (Lipinski definition) is 6. The molecule has 0 bridgehead atoms. The lowest BCUT2D eigenvalue weighted by Gasteiger charge is -2.26. The molecule has 2 aliphatic rings. The summed E-state index contributed by atoms with van der Waals surface area (Å²) in [4.78, 5) is 0. The van der Waals surface area contributed by atoms with Gasteiger partial charge in [0.15, 0.2) is 5.79 Å². The first-order valence-corrected chi connectivity index (χ1v) is 3.71. The van der Waals surface area contributed by atoms with E-state index in [-0.39, 0.29) is 6.61 Å². The topological polar surface area (TPSA) is 88.4 Å². The first-order chi connectivity index (χ1) is 5.43. The third-order valence-electron chi connectivity index (χ3n) is 2.12. The fourth-order valence-corrected chi connectivity index (χ4v) is 1.61. The molecule has 12 heavy (non-hydrogen) atoms. The van der Waals surface area contributed by atoms with Gasteiger partial charge >= 0.3 is 6.96 Å². The van der Waals surface area contributed by atoms with Crippen LogP contribution in [0.4, 0.5) is 0 Å². The van der Waals surface area contributed by atoms with Crippen molar-refractivity contribution in [3.05, 3.63) is 0 Å². The Balaban J connectivity index is 2.22. The lowest BCUT2D eigenvalue weighted by Crippen LogP contribution is -2.41. The predicted octanol–water partition coefficient (Wildman–Crippen LogP) is -2.07. The normalized spacial score (nSPS) is 51.0. The zero-order chi connectivity index (χ0) is 8.98. The second-order valence-electron chi connectivity index (χ2n) is 3.20. The summed E-state index contributed by atoms with van der Waals surface area (Å²) in [6.07, 6.45) is -1.70. The molecule has 0 radical (unpaired) electrons. The van der Waals surface area contributed by atoms with Crippen LogP contribution >= 0.6 is 0 Å². The van der Waals surface area contributed by atoms with Crippen molar-refractivity contribution in [3.63, 3.8) is 0 Å². The quantitative estimate of drug-likeness (QED) is 0.368. The Morgan fingerprint density at radius 2 is 2.17 bits per heavy atom. The van der Waals surface area contributed by atoms with Crippen LogP contribution in [0.3, 0.4) is 0 Å². The molecule has 0 aromatic heterocycles. The molecule has 2 saturated heterocycles. The molecular formula is C5H10BO6-. The molecule has 0 spiro atoms. The summed E-state index contributed by atoms with van der Waals surface area (Å²) in [6, 6.07) is 0. The molecule has 0 aromatic carbocycles. The number of aliphatic hydroxyl groups is 1. The molecule has 0 unspecified atom stereocenters. The summed E-state index contributed by atoms with van der Waals surface area (Å²) in [6.45, 7) is -1.71. The Kier molecular flexibility index (Phi) is 1.54. The smallest absolute Gasteiger partial charge is 0.528 e. The SMILES string of the molecule is C[C@]12OC[C@H](O)[C@H]1O[B-](O)(O)O2. The van der Waals surface area contributed by atoms with Crippen LogP contribution in [-0.4, -0.2) is 46.7 Å². The molecule has 0 aromatic rings. The highest BCUT2D eigenvalue weighted by molar-refractivity contribution is 6.51. The van der Waals surface area contributed by atoms with Crippen molar-refractivity contribution in [2.45, 2.75) is 24.9 Å². The van der Waals surface area contributed by atoms with Gasteiger partial charge in [-0.1, -0.05) is 0 Å². The minimum atomic E-state index is -3.27. The van der Waals surface area contributed by atoms with E-state index in [1.54, 1.807) is 0 Å². The maximum atomic E-state index is 9.25. The summed E-state index contributed by atoms with van der Waals surface area (Å²) >= 11 is 0. The lowest BCUT2D eigenvalue weighted by atomic mass is 10.1. The van der Waals surface area contributed by atoms with Crippen molar-refractivity contribution < 1.29 is 29.2 Å². The van der Waals surface area contributed by atoms with Crippen LogP contribution in [0.25, 0.3) is 0 Å². The summed E-state index contributed by atoms with van der Waals surface area (Å²) in [5.41, 5.74) is 0. The minimum Gasteiger partial charge on any atom is -0.533 e. The van der Waals surface area contributed by atoms with Crippen LogP contribution in [0, 0.1) is 0 Å². The molecule has 2 fully saturated rings. The molecule has 7 heteroatoms. The maximum absolute atomic E-state index is 9.25. The van der Waals surface area contributed by atoms with E-state index < -0.39 is 25.0 Å². The Morgan fingerprint density at radius 1 is 1.50 bits per heavy atom. The highest BCUT2D eigenvalue weighted by atomic mass is 16.9. The zero-order valence-electron chi connectivity index (χ0n) is 6.51. The first kappa shape index (κ1) is 8.42.